The maximum absolute atomic E-state index is 12.6. The number of hydrogen-bond donors (Lipinski definition) is 3. The molecule has 0 spiro atoms. The van der Waals surface area contributed by atoms with Gasteiger partial charge in [0.1, 0.15) is 17.0 Å². The number of nitrogens with zero attached hydrogens (tertiary/aromatic N) is 1. The molecule has 4 rings (SSSR count). The highest BCUT2D eigenvalue weighted by Gasteiger charge is 2.19. The van der Waals surface area contributed by atoms with Gasteiger partial charge < -0.3 is 24.3 Å². The molecule has 3 heterocycles. The van der Waals surface area contributed by atoms with Crippen LogP contribution in [0.3, 0.4) is 0 Å². The van der Waals surface area contributed by atoms with Gasteiger partial charge in [-0.25, -0.2) is 0 Å². The maximum atomic E-state index is 12.6. The summed E-state index contributed by atoms with van der Waals surface area (Å²) in [5.74, 6) is 2.20. The number of benzene rings is 1. The molecule has 0 aliphatic carbocycles. The Kier molecular flexibility index (Phi) is 6.39. The molecule has 2 aromatic heterocycles. The van der Waals surface area contributed by atoms with Gasteiger partial charge >= 0.3 is 0 Å². The van der Waals surface area contributed by atoms with E-state index in [0.29, 0.717) is 17.0 Å². The maximum Gasteiger partial charge on any atom is 0.274 e. The number of aryl methyl sites for hydroxylation is 1. The van der Waals surface area contributed by atoms with E-state index in [-0.39, 0.29) is 5.56 Å². The summed E-state index contributed by atoms with van der Waals surface area (Å²) < 4.78 is 11.3. The van der Waals surface area contributed by atoms with Gasteiger partial charge in [-0.1, -0.05) is 18.9 Å². The first-order valence-electron chi connectivity index (χ1n) is 10.3. The van der Waals surface area contributed by atoms with Gasteiger partial charge in [0.25, 0.3) is 5.56 Å². The molecule has 8 heteroatoms. The number of halogens is 1. The van der Waals surface area contributed by atoms with Crippen LogP contribution in [0.25, 0.3) is 22.0 Å². The molecule has 1 atom stereocenters. The van der Waals surface area contributed by atoms with Gasteiger partial charge in [-0.15, -0.1) is 11.6 Å². The molecule has 0 saturated carbocycles. The highest BCUT2D eigenvalue weighted by molar-refractivity contribution is 8.00. The van der Waals surface area contributed by atoms with Crippen molar-refractivity contribution in [3.8, 4) is 16.9 Å². The minimum atomic E-state index is -0.697. The molecule has 6 nitrogen and oxygen atoms in total. The van der Waals surface area contributed by atoms with E-state index in [4.69, 9.17) is 16.3 Å². The van der Waals surface area contributed by atoms with Gasteiger partial charge in [0.2, 0.25) is 0 Å². The number of allylic oxidation sites excluding steroid dienone is 3. The number of fused-ring (bicyclic) bond motifs is 1. The van der Waals surface area contributed by atoms with Crippen LogP contribution in [0.15, 0.2) is 77.8 Å². The molecule has 166 valence electrons. The summed E-state index contributed by atoms with van der Waals surface area (Å²) in [6.07, 6.45) is 12.8. The Bertz CT molecular complexity index is 1290. The van der Waals surface area contributed by atoms with Gasteiger partial charge in [0.05, 0.1) is 4.87 Å². The van der Waals surface area contributed by atoms with Gasteiger partial charge in [-0.3, -0.25) is 4.79 Å². The summed E-state index contributed by atoms with van der Waals surface area (Å²) in [6, 6.07) is 7.86. The molecule has 0 fully saturated rings. The van der Waals surface area contributed by atoms with E-state index in [9.17, 15) is 4.79 Å². The predicted molar refractivity (Wildman–Crippen MR) is 135 cm³/mol. The van der Waals surface area contributed by atoms with E-state index in [2.05, 4.69) is 21.9 Å². The van der Waals surface area contributed by atoms with E-state index in [1.807, 2.05) is 55.6 Å². The summed E-state index contributed by atoms with van der Waals surface area (Å²) in [7, 11) is 1.75. The summed E-state index contributed by atoms with van der Waals surface area (Å²) in [5.41, 5.74) is 3.19. The number of H-pyrrole nitrogens is 1. The second kappa shape index (κ2) is 9.22. The van der Waals surface area contributed by atoms with Crippen LogP contribution in [-0.2, 0) is 7.05 Å². The Morgan fingerprint density at radius 3 is 2.91 bits per heavy atom. The van der Waals surface area contributed by atoms with Crippen LogP contribution in [-0.4, -0.2) is 20.2 Å². The van der Waals surface area contributed by atoms with Crippen LogP contribution < -0.4 is 20.3 Å². The van der Waals surface area contributed by atoms with E-state index in [0.717, 1.165) is 28.0 Å². The summed E-state index contributed by atoms with van der Waals surface area (Å²) in [5, 5.41) is 3.89. The highest BCUT2D eigenvalue weighted by Crippen LogP contribution is 2.38. The second-order valence-electron chi connectivity index (χ2n) is 7.60. The monoisotopic (exact) mass is 468 g/mol. The number of nitrogens with one attached hydrogen (secondary N) is 3. The van der Waals surface area contributed by atoms with Crippen molar-refractivity contribution in [1.29, 1.82) is 0 Å². The molecule has 1 aliphatic heterocycles. The standard InChI is InChI=1S/C24H25ClN4O2S/c1-4-32-28-16-5-6-21(31-17-7-10-26-12-9-24(2,25)14-17)19(13-16)20-15-29(3)23(30)22-18(20)8-11-27-22/h5-15,26-28H,4H2,1-3H3/b10-7-,12-9?,17-14+. The van der Waals surface area contributed by atoms with Crippen LogP contribution in [0.2, 0.25) is 0 Å². The average Bonchev–Trinajstić information content (AvgIpc) is 3.24. The fourth-order valence-corrected chi connectivity index (χ4v) is 4.10. The van der Waals surface area contributed by atoms with Gasteiger partial charge in [-0.2, -0.15) is 0 Å². The molecule has 32 heavy (non-hydrogen) atoms. The third kappa shape index (κ3) is 4.74. The Hall–Kier alpha value is -3.03. The number of anilines is 1. The zero-order valence-corrected chi connectivity index (χ0v) is 19.7. The van der Waals surface area contributed by atoms with Crippen molar-refractivity contribution in [3.05, 3.63) is 83.4 Å². The molecule has 1 aliphatic rings. The molecule has 1 unspecified atom stereocenters. The van der Waals surface area contributed by atoms with Crippen molar-refractivity contribution in [2.24, 2.45) is 7.05 Å². The fourth-order valence-electron chi connectivity index (χ4n) is 3.49. The van der Waals surface area contributed by atoms with Gasteiger partial charge in [0, 0.05) is 53.6 Å². The van der Waals surface area contributed by atoms with E-state index < -0.39 is 4.87 Å². The second-order valence-corrected chi connectivity index (χ2v) is 9.49. The Balaban J connectivity index is 1.86. The fraction of sp³-hybridized carbons (Fsp3) is 0.208. The summed E-state index contributed by atoms with van der Waals surface area (Å²) in [4.78, 5) is 14.9. The lowest BCUT2D eigenvalue weighted by molar-refractivity contribution is 0.441. The topological polar surface area (TPSA) is 71.1 Å². The molecule has 3 N–H and O–H groups in total. The van der Waals surface area contributed by atoms with Crippen molar-refractivity contribution < 1.29 is 4.74 Å². The van der Waals surface area contributed by atoms with Crippen LogP contribution in [0, 0.1) is 0 Å². The quantitative estimate of drug-likeness (QED) is 0.329. The van der Waals surface area contributed by atoms with E-state index in [1.54, 1.807) is 42.2 Å². The Labute approximate surface area is 196 Å². The molecular weight excluding hydrogens is 444 g/mol. The van der Waals surface area contributed by atoms with E-state index >= 15 is 0 Å². The van der Waals surface area contributed by atoms with Crippen molar-refractivity contribution in [3.63, 3.8) is 0 Å². The number of pyridine rings is 1. The number of ether oxygens (including phenoxy) is 1. The normalized spacial score (nSPS) is 20.7. The number of hydrogen-bond acceptors (Lipinski definition) is 5. The van der Waals surface area contributed by atoms with Crippen molar-refractivity contribution in [2.75, 3.05) is 10.5 Å². The molecule has 0 bridgehead atoms. The lowest BCUT2D eigenvalue weighted by Crippen LogP contribution is -2.16. The highest BCUT2D eigenvalue weighted by atomic mass is 35.5. The van der Waals surface area contributed by atoms with Gasteiger partial charge in [-0.05, 0) is 55.6 Å². The minimum Gasteiger partial charge on any atom is -0.457 e. The SMILES string of the molecule is CCSNc1ccc(OC2=C/C(C)(Cl)C=CN/C=C\2)c(-c2cn(C)c(=O)c3[nH]ccc23)c1. The first-order valence-corrected chi connectivity index (χ1v) is 11.6. The van der Waals surface area contributed by atoms with Crippen molar-refractivity contribution >= 4 is 40.1 Å². The third-order valence-electron chi connectivity index (χ3n) is 5.00. The van der Waals surface area contributed by atoms with Crippen molar-refractivity contribution in [2.45, 2.75) is 18.7 Å². The molecule has 0 amide bonds. The Morgan fingerprint density at radius 2 is 2.09 bits per heavy atom. The number of rotatable bonds is 6. The van der Waals surface area contributed by atoms with Crippen LogP contribution in [0.5, 0.6) is 5.75 Å². The van der Waals surface area contributed by atoms with Crippen LogP contribution in [0.4, 0.5) is 5.69 Å². The number of aromatic nitrogens is 2. The lowest BCUT2D eigenvalue weighted by Gasteiger charge is -2.19. The predicted octanol–water partition coefficient (Wildman–Crippen LogP) is 5.50. The van der Waals surface area contributed by atoms with Crippen LogP contribution in [0.1, 0.15) is 13.8 Å². The molecule has 0 radical (unpaired) electrons. The molecule has 0 saturated heterocycles. The molecular formula is C24H25ClN4O2S. The minimum absolute atomic E-state index is 0.0755. The number of alkyl halides is 1. The zero-order valence-electron chi connectivity index (χ0n) is 18.1. The van der Waals surface area contributed by atoms with E-state index in [1.165, 1.54) is 0 Å². The number of aromatic amines is 1. The smallest absolute Gasteiger partial charge is 0.274 e. The third-order valence-corrected chi connectivity index (χ3v) is 5.90. The average molecular weight is 469 g/mol. The largest absolute Gasteiger partial charge is 0.457 e. The summed E-state index contributed by atoms with van der Waals surface area (Å²) >= 11 is 8.19. The zero-order chi connectivity index (χ0) is 22.7. The van der Waals surface area contributed by atoms with Crippen molar-refractivity contribution in [1.82, 2.24) is 14.9 Å². The molecule has 1 aromatic carbocycles. The van der Waals surface area contributed by atoms with Crippen LogP contribution >= 0.6 is 23.5 Å². The first-order chi connectivity index (χ1) is 15.4. The molecule has 3 aromatic rings. The Morgan fingerprint density at radius 1 is 1.25 bits per heavy atom. The first kappa shape index (κ1) is 22.2. The lowest BCUT2D eigenvalue weighted by atomic mass is 10.0. The van der Waals surface area contributed by atoms with Gasteiger partial charge in [0.15, 0.2) is 0 Å². The summed E-state index contributed by atoms with van der Waals surface area (Å²) in [6.45, 7) is 3.98.